The van der Waals surface area contributed by atoms with Crippen LogP contribution >= 0.6 is 0 Å². The predicted molar refractivity (Wildman–Crippen MR) is 55.6 cm³/mol. The van der Waals surface area contributed by atoms with Gasteiger partial charge in [0.15, 0.2) is 11.6 Å². The van der Waals surface area contributed by atoms with E-state index in [0.717, 1.165) is 37.1 Å². The number of anilines is 3. The van der Waals surface area contributed by atoms with Crippen LogP contribution in [-0.4, -0.2) is 29.7 Å². The van der Waals surface area contributed by atoms with Gasteiger partial charge in [0.1, 0.15) is 12.0 Å². The lowest BCUT2D eigenvalue weighted by molar-refractivity contribution is 0.932. The molecular formula is C9H13N5. The minimum atomic E-state index is 0.759. The smallest absolute Gasteiger partial charge is 0.157 e. The van der Waals surface area contributed by atoms with Crippen molar-refractivity contribution in [3.05, 3.63) is 6.33 Å². The minimum absolute atomic E-state index is 0.759. The van der Waals surface area contributed by atoms with Gasteiger partial charge in [-0.05, 0) is 12.8 Å². The van der Waals surface area contributed by atoms with Gasteiger partial charge in [-0.2, -0.15) is 0 Å². The summed E-state index contributed by atoms with van der Waals surface area (Å²) in [7, 11) is 0. The van der Waals surface area contributed by atoms with E-state index in [0.29, 0.717) is 0 Å². The summed E-state index contributed by atoms with van der Waals surface area (Å²) in [6, 6.07) is 0. The van der Waals surface area contributed by atoms with Crippen LogP contribution < -0.4 is 15.5 Å². The van der Waals surface area contributed by atoms with E-state index in [1.807, 2.05) is 0 Å². The highest BCUT2D eigenvalue weighted by molar-refractivity contribution is 5.80. The molecule has 2 N–H and O–H groups in total. The zero-order valence-electron chi connectivity index (χ0n) is 7.95. The fourth-order valence-corrected chi connectivity index (χ4v) is 2.06. The van der Waals surface area contributed by atoms with Crippen molar-refractivity contribution in [2.75, 3.05) is 35.3 Å². The number of fused-ring (bicyclic) bond motifs is 1. The number of rotatable bonds is 1. The molecule has 0 saturated carbocycles. The van der Waals surface area contributed by atoms with Gasteiger partial charge in [-0.3, -0.25) is 0 Å². The molecule has 0 unspecified atom stereocenters. The van der Waals surface area contributed by atoms with Crippen molar-refractivity contribution in [1.29, 1.82) is 0 Å². The molecule has 0 spiro atoms. The van der Waals surface area contributed by atoms with Crippen LogP contribution in [0.3, 0.4) is 0 Å². The van der Waals surface area contributed by atoms with E-state index in [1.54, 1.807) is 6.33 Å². The van der Waals surface area contributed by atoms with Gasteiger partial charge in [0.25, 0.3) is 0 Å². The highest BCUT2D eigenvalue weighted by Gasteiger charge is 2.22. The largest absolute Gasteiger partial charge is 0.362 e. The van der Waals surface area contributed by atoms with Crippen molar-refractivity contribution in [3.8, 4) is 0 Å². The van der Waals surface area contributed by atoms with Gasteiger partial charge in [0.2, 0.25) is 0 Å². The summed E-state index contributed by atoms with van der Waals surface area (Å²) in [5.74, 6) is 1.99. The molecule has 0 radical (unpaired) electrons. The number of hydrogen-bond acceptors (Lipinski definition) is 5. The molecule has 74 valence electrons. The SMILES string of the molecule is c1nc2c(c(N3CCCC3)n1)NCN2. The Morgan fingerprint density at radius 2 is 2.00 bits per heavy atom. The molecule has 14 heavy (non-hydrogen) atoms. The van der Waals surface area contributed by atoms with Gasteiger partial charge in [-0.15, -0.1) is 0 Å². The lowest BCUT2D eigenvalue weighted by atomic mass is 10.4. The summed E-state index contributed by atoms with van der Waals surface area (Å²) in [6.45, 7) is 2.99. The molecule has 0 aromatic carbocycles. The Labute approximate surface area is 82.5 Å². The second-order valence-corrected chi connectivity index (χ2v) is 3.65. The first-order valence-corrected chi connectivity index (χ1v) is 5.03. The molecule has 0 atom stereocenters. The van der Waals surface area contributed by atoms with E-state index in [2.05, 4.69) is 25.5 Å². The van der Waals surface area contributed by atoms with Crippen molar-refractivity contribution in [3.63, 3.8) is 0 Å². The molecule has 1 aromatic heterocycles. The van der Waals surface area contributed by atoms with E-state index in [1.165, 1.54) is 12.8 Å². The minimum Gasteiger partial charge on any atom is -0.362 e. The average molecular weight is 191 g/mol. The average Bonchev–Trinajstić information content (AvgIpc) is 2.88. The number of nitrogens with one attached hydrogen (secondary N) is 2. The first-order valence-electron chi connectivity index (χ1n) is 5.03. The maximum Gasteiger partial charge on any atom is 0.157 e. The Morgan fingerprint density at radius 3 is 2.86 bits per heavy atom. The molecule has 1 aromatic rings. The standard InChI is InChI=1S/C9H13N5/c1-2-4-14(3-1)9-7-8(11-5-10-7)12-6-13-9/h6,10H,1-5H2,(H,11,12,13). The lowest BCUT2D eigenvalue weighted by Gasteiger charge is -2.18. The third-order valence-corrected chi connectivity index (χ3v) is 2.75. The topological polar surface area (TPSA) is 53.1 Å². The molecule has 5 nitrogen and oxygen atoms in total. The molecule has 2 aliphatic heterocycles. The monoisotopic (exact) mass is 191 g/mol. The Balaban J connectivity index is 2.00. The Morgan fingerprint density at radius 1 is 1.14 bits per heavy atom. The molecule has 5 heteroatoms. The van der Waals surface area contributed by atoms with Gasteiger partial charge in [-0.1, -0.05) is 0 Å². The third-order valence-electron chi connectivity index (χ3n) is 2.75. The van der Waals surface area contributed by atoms with Gasteiger partial charge in [0, 0.05) is 13.1 Å². The molecule has 0 aliphatic carbocycles. The molecule has 1 saturated heterocycles. The molecule has 3 rings (SSSR count). The molecule has 0 bridgehead atoms. The second kappa shape index (κ2) is 3.01. The van der Waals surface area contributed by atoms with Crippen molar-refractivity contribution in [2.24, 2.45) is 0 Å². The maximum atomic E-state index is 4.34. The second-order valence-electron chi connectivity index (χ2n) is 3.65. The van der Waals surface area contributed by atoms with E-state index in [4.69, 9.17) is 0 Å². The zero-order valence-corrected chi connectivity index (χ0v) is 7.95. The highest BCUT2D eigenvalue weighted by atomic mass is 15.3. The van der Waals surface area contributed by atoms with Crippen LogP contribution in [0.25, 0.3) is 0 Å². The summed E-state index contributed by atoms with van der Waals surface area (Å²) in [5.41, 5.74) is 1.06. The molecule has 0 amide bonds. The van der Waals surface area contributed by atoms with Crippen LogP contribution in [0.2, 0.25) is 0 Å². The van der Waals surface area contributed by atoms with Crippen LogP contribution in [0, 0.1) is 0 Å². The Hall–Kier alpha value is -1.52. The third kappa shape index (κ3) is 1.08. The van der Waals surface area contributed by atoms with E-state index in [9.17, 15) is 0 Å². The van der Waals surface area contributed by atoms with Gasteiger partial charge in [0.05, 0.1) is 6.67 Å². The van der Waals surface area contributed by atoms with Gasteiger partial charge < -0.3 is 15.5 Å². The van der Waals surface area contributed by atoms with Crippen LogP contribution in [0.5, 0.6) is 0 Å². The van der Waals surface area contributed by atoms with Crippen LogP contribution in [0.15, 0.2) is 6.33 Å². The van der Waals surface area contributed by atoms with Gasteiger partial charge in [-0.25, -0.2) is 9.97 Å². The Bertz CT molecular complexity index is 345. The summed E-state index contributed by atoms with van der Waals surface area (Å²) >= 11 is 0. The van der Waals surface area contributed by atoms with Crippen molar-refractivity contribution in [1.82, 2.24) is 9.97 Å². The number of hydrogen-bond donors (Lipinski definition) is 2. The lowest BCUT2D eigenvalue weighted by Crippen LogP contribution is -2.20. The summed E-state index contributed by atoms with van der Waals surface area (Å²) in [4.78, 5) is 10.8. The molecule has 3 heterocycles. The Kier molecular flexibility index (Phi) is 1.68. The summed E-state index contributed by atoms with van der Waals surface area (Å²) < 4.78 is 0. The fraction of sp³-hybridized carbons (Fsp3) is 0.556. The van der Waals surface area contributed by atoms with E-state index >= 15 is 0 Å². The normalized spacial score (nSPS) is 19.0. The fourth-order valence-electron chi connectivity index (χ4n) is 2.06. The number of nitrogens with zero attached hydrogens (tertiary/aromatic N) is 3. The first kappa shape index (κ1) is 7.84. The molecule has 2 aliphatic rings. The quantitative estimate of drug-likeness (QED) is 0.690. The highest BCUT2D eigenvalue weighted by Crippen LogP contribution is 2.33. The van der Waals surface area contributed by atoms with Crippen LogP contribution in [-0.2, 0) is 0 Å². The van der Waals surface area contributed by atoms with Crippen molar-refractivity contribution in [2.45, 2.75) is 12.8 Å². The van der Waals surface area contributed by atoms with Crippen molar-refractivity contribution < 1.29 is 0 Å². The first-order chi connectivity index (χ1) is 6.95. The summed E-state index contributed by atoms with van der Waals surface area (Å²) in [6.07, 6.45) is 4.17. The summed E-state index contributed by atoms with van der Waals surface area (Å²) in [5, 5.41) is 6.44. The van der Waals surface area contributed by atoms with Crippen LogP contribution in [0.4, 0.5) is 17.3 Å². The van der Waals surface area contributed by atoms with Gasteiger partial charge >= 0.3 is 0 Å². The predicted octanol–water partition coefficient (Wildman–Crippen LogP) is 0.872. The van der Waals surface area contributed by atoms with Crippen molar-refractivity contribution >= 4 is 17.3 Å². The van der Waals surface area contributed by atoms with E-state index in [-0.39, 0.29) is 0 Å². The number of aromatic nitrogens is 2. The maximum absolute atomic E-state index is 4.34. The van der Waals surface area contributed by atoms with Crippen LogP contribution in [0.1, 0.15) is 12.8 Å². The molecule has 1 fully saturated rings. The van der Waals surface area contributed by atoms with E-state index < -0.39 is 0 Å². The zero-order chi connectivity index (χ0) is 9.38. The molecular weight excluding hydrogens is 178 g/mol.